The number of esters is 1. The van der Waals surface area contributed by atoms with Gasteiger partial charge in [-0.25, -0.2) is 0 Å². The van der Waals surface area contributed by atoms with Gasteiger partial charge in [0.05, 0.1) is 7.11 Å². The van der Waals surface area contributed by atoms with Crippen molar-refractivity contribution >= 4 is 18.4 Å². The fraction of sp³-hybridized carbons (Fsp3) is 0.500. The van der Waals surface area contributed by atoms with Crippen molar-refractivity contribution in [3.63, 3.8) is 0 Å². The van der Waals surface area contributed by atoms with Crippen LogP contribution in [-0.4, -0.2) is 19.1 Å². The SMILES string of the molecule is COC(=O)C(CC(C)C)NCc1ccccc1.Cl. The van der Waals surface area contributed by atoms with Gasteiger partial charge >= 0.3 is 5.97 Å². The van der Waals surface area contributed by atoms with Crippen molar-refractivity contribution in [1.29, 1.82) is 0 Å². The van der Waals surface area contributed by atoms with E-state index in [0.717, 1.165) is 6.42 Å². The highest BCUT2D eigenvalue weighted by Crippen LogP contribution is 2.07. The first kappa shape index (κ1) is 16.9. The number of ether oxygens (including phenoxy) is 1. The average Bonchev–Trinajstić information content (AvgIpc) is 2.34. The van der Waals surface area contributed by atoms with Gasteiger partial charge in [-0.2, -0.15) is 0 Å². The fourth-order valence-electron chi connectivity index (χ4n) is 1.71. The molecule has 0 saturated carbocycles. The van der Waals surface area contributed by atoms with Gasteiger partial charge in [0.15, 0.2) is 0 Å². The lowest BCUT2D eigenvalue weighted by Crippen LogP contribution is -2.38. The predicted octanol–water partition coefficient (Wildman–Crippen LogP) is 2.79. The highest BCUT2D eigenvalue weighted by Gasteiger charge is 2.19. The molecule has 0 bridgehead atoms. The smallest absolute Gasteiger partial charge is 0.322 e. The molecule has 0 radical (unpaired) electrons. The van der Waals surface area contributed by atoms with E-state index in [4.69, 9.17) is 4.74 Å². The molecule has 0 heterocycles. The number of hydrogen-bond donors (Lipinski definition) is 1. The maximum Gasteiger partial charge on any atom is 0.322 e. The number of halogens is 1. The Bertz CT molecular complexity index is 341. The van der Waals surface area contributed by atoms with E-state index >= 15 is 0 Å². The third-order valence-electron chi connectivity index (χ3n) is 2.59. The normalized spacial score (nSPS) is 11.8. The van der Waals surface area contributed by atoms with E-state index in [0.29, 0.717) is 12.5 Å². The van der Waals surface area contributed by atoms with Gasteiger partial charge in [0.25, 0.3) is 0 Å². The van der Waals surface area contributed by atoms with Crippen LogP contribution in [0.15, 0.2) is 30.3 Å². The molecule has 0 aliphatic rings. The molecule has 0 aliphatic heterocycles. The van der Waals surface area contributed by atoms with Crippen LogP contribution in [0.25, 0.3) is 0 Å². The van der Waals surface area contributed by atoms with Crippen molar-refractivity contribution < 1.29 is 9.53 Å². The van der Waals surface area contributed by atoms with Crippen molar-refractivity contribution in [2.75, 3.05) is 7.11 Å². The van der Waals surface area contributed by atoms with Crippen LogP contribution in [0.1, 0.15) is 25.8 Å². The quantitative estimate of drug-likeness (QED) is 0.809. The summed E-state index contributed by atoms with van der Waals surface area (Å²) in [6.07, 6.45) is 0.791. The highest BCUT2D eigenvalue weighted by molar-refractivity contribution is 5.85. The number of hydrogen-bond acceptors (Lipinski definition) is 3. The molecule has 0 fully saturated rings. The van der Waals surface area contributed by atoms with Crippen LogP contribution >= 0.6 is 12.4 Å². The number of methoxy groups -OCH3 is 1. The molecule has 1 aromatic carbocycles. The Hall–Kier alpha value is -1.06. The van der Waals surface area contributed by atoms with Gasteiger partial charge < -0.3 is 10.1 Å². The monoisotopic (exact) mass is 271 g/mol. The van der Waals surface area contributed by atoms with Gasteiger partial charge in [0.2, 0.25) is 0 Å². The summed E-state index contributed by atoms with van der Waals surface area (Å²) >= 11 is 0. The lowest BCUT2D eigenvalue weighted by Gasteiger charge is -2.18. The number of carbonyl (C=O) groups excluding carboxylic acids is 1. The first-order chi connectivity index (χ1) is 8.13. The van der Waals surface area contributed by atoms with E-state index < -0.39 is 0 Å². The molecule has 0 amide bonds. The van der Waals surface area contributed by atoms with E-state index in [2.05, 4.69) is 19.2 Å². The zero-order chi connectivity index (χ0) is 12.7. The Morgan fingerprint density at radius 3 is 2.39 bits per heavy atom. The third kappa shape index (κ3) is 6.03. The first-order valence-electron chi connectivity index (χ1n) is 5.98. The Labute approximate surface area is 115 Å². The van der Waals surface area contributed by atoms with E-state index in [1.165, 1.54) is 12.7 Å². The van der Waals surface area contributed by atoms with Crippen molar-refractivity contribution in [2.24, 2.45) is 5.92 Å². The zero-order valence-electron chi connectivity index (χ0n) is 11.2. The second kappa shape index (κ2) is 8.95. The third-order valence-corrected chi connectivity index (χ3v) is 2.59. The summed E-state index contributed by atoms with van der Waals surface area (Å²) in [5.41, 5.74) is 1.17. The molecule has 0 spiro atoms. The molecule has 1 atom stereocenters. The highest BCUT2D eigenvalue weighted by atomic mass is 35.5. The van der Waals surface area contributed by atoms with Crippen molar-refractivity contribution in [2.45, 2.75) is 32.9 Å². The second-order valence-electron chi connectivity index (χ2n) is 4.57. The molecule has 1 rings (SSSR count). The Kier molecular flexibility index (Phi) is 8.42. The molecule has 1 unspecified atom stereocenters. The van der Waals surface area contributed by atoms with E-state index in [1.54, 1.807) is 0 Å². The van der Waals surface area contributed by atoms with E-state index in [9.17, 15) is 4.79 Å². The molecule has 0 saturated heterocycles. The number of nitrogens with one attached hydrogen (secondary N) is 1. The minimum Gasteiger partial charge on any atom is -0.468 e. The largest absolute Gasteiger partial charge is 0.468 e. The summed E-state index contributed by atoms with van der Waals surface area (Å²) in [7, 11) is 1.43. The first-order valence-corrected chi connectivity index (χ1v) is 5.98. The molecule has 3 nitrogen and oxygen atoms in total. The molecule has 102 valence electrons. The van der Waals surface area contributed by atoms with Gasteiger partial charge in [0.1, 0.15) is 6.04 Å². The lowest BCUT2D eigenvalue weighted by molar-refractivity contribution is -0.143. The van der Waals surface area contributed by atoms with Gasteiger partial charge in [-0.15, -0.1) is 12.4 Å². The predicted molar refractivity (Wildman–Crippen MR) is 75.8 cm³/mol. The Morgan fingerprint density at radius 2 is 1.89 bits per heavy atom. The van der Waals surface area contributed by atoms with Crippen LogP contribution in [0.4, 0.5) is 0 Å². The van der Waals surface area contributed by atoms with Crippen molar-refractivity contribution in [1.82, 2.24) is 5.32 Å². The number of rotatable bonds is 6. The molecule has 0 aromatic heterocycles. The topological polar surface area (TPSA) is 38.3 Å². The molecule has 18 heavy (non-hydrogen) atoms. The van der Waals surface area contributed by atoms with Crippen LogP contribution < -0.4 is 5.32 Å². The molecule has 0 aliphatic carbocycles. The molecule has 4 heteroatoms. The summed E-state index contributed by atoms with van der Waals surface area (Å²) in [6.45, 7) is 4.88. The van der Waals surface area contributed by atoms with Crippen molar-refractivity contribution in [3.8, 4) is 0 Å². The minimum absolute atomic E-state index is 0. The van der Waals surface area contributed by atoms with E-state index in [-0.39, 0.29) is 24.4 Å². The van der Waals surface area contributed by atoms with Crippen LogP contribution in [0, 0.1) is 5.92 Å². The summed E-state index contributed by atoms with van der Waals surface area (Å²) in [6, 6.07) is 9.82. The van der Waals surface area contributed by atoms with Gasteiger partial charge in [-0.1, -0.05) is 44.2 Å². The van der Waals surface area contributed by atoms with Crippen LogP contribution in [0.3, 0.4) is 0 Å². The summed E-state index contributed by atoms with van der Waals surface area (Å²) < 4.78 is 4.80. The van der Waals surface area contributed by atoms with Gasteiger partial charge in [-0.3, -0.25) is 4.79 Å². The maximum absolute atomic E-state index is 11.6. The summed E-state index contributed by atoms with van der Waals surface area (Å²) in [4.78, 5) is 11.6. The van der Waals surface area contributed by atoms with Crippen LogP contribution in [-0.2, 0) is 16.1 Å². The summed E-state index contributed by atoms with van der Waals surface area (Å²) in [5, 5.41) is 3.24. The molecular weight excluding hydrogens is 250 g/mol. The van der Waals surface area contributed by atoms with E-state index in [1.807, 2.05) is 30.3 Å². The average molecular weight is 272 g/mol. The Morgan fingerprint density at radius 1 is 1.28 bits per heavy atom. The summed E-state index contributed by atoms with van der Waals surface area (Å²) in [5.74, 6) is 0.275. The van der Waals surface area contributed by atoms with Crippen LogP contribution in [0.2, 0.25) is 0 Å². The lowest BCUT2D eigenvalue weighted by atomic mass is 10.0. The number of benzene rings is 1. The number of carbonyl (C=O) groups is 1. The van der Waals surface area contributed by atoms with Gasteiger partial charge in [0, 0.05) is 6.54 Å². The molecular formula is C14H22ClNO2. The van der Waals surface area contributed by atoms with Gasteiger partial charge in [-0.05, 0) is 17.9 Å². The Balaban J connectivity index is 0.00000289. The minimum atomic E-state index is -0.222. The van der Waals surface area contributed by atoms with Crippen molar-refractivity contribution in [3.05, 3.63) is 35.9 Å². The second-order valence-corrected chi connectivity index (χ2v) is 4.57. The molecule has 1 N–H and O–H groups in total. The standard InChI is InChI=1S/C14H21NO2.ClH/c1-11(2)9-13(14(16)17-3)15-10-12-7-5-4-6-8-12;/h4-8,11,13,15H,9-10H2,1-3H3;1H. The maximum atomic E-state index is 11.6. The fourth-order valence-corrected chi connectivity index (χ4v) is 1.71. The zero-order valence-corrected chi connectivity index (χ0v) is 12.0. The van der Waals surface area contributed by atoms with Crippen LogP contribution in [0.5, 0.6) is 0 Å². The molecule has 1 aromatic rings.